The highest BCUT2D eigenvalue weighted by Gasteiger charge is 2.19. The molecule has 0 amide bonds. The summed E-state index contributed by atoms with van der Waals surface area (Å²) in [5.41, 5.74) is -0.237. The molecule has 1 heterocycles. The predicted molar refractivity (Wildman–Crippen MR) is 43.2 cm³/mol. The summed E-state index contributed by atoms with van der Waals surface area (Å²) in [7, 11) is 2.31. The van der Waals surface area contributed by atoms with E-state index >= 15 is 0 Å². The van der Waals surface area contributed by atoms with Gasteiger partial charge in [-0.15, -0.1) is 0 Å². The quantitative estimate of drug-likeness (QED) is 0.717. The summed E-state index contributed by atoms with van der Waals surface area (Å²) < 4.78 is 22.4. The normalized spacial score (nSPS) is 11.5. The third-order valence-corrected chi connectivity index (χ3v) is 2.50. The van der Waals surface area contributed by atoms with Gasteiger partial charge in [0.05, 0.1) is 0 Å². The van der Waals surface area contributed by atoms with Crippen LogP contribution in [0.4, 0.5) is 0 Å². The minimum absolute atomic E-state index is 0.237. The first-order valence-corrected chi connectivity index (χ1v) is 5.35. The molecule has 1 aromatic rings. The summed E-state index contributed by atoms with van der Waals surface area (Å²) in [6.45, 7) is 0. The number of hydrogen-bond donors (Lipinski definition) is 1. The Balaban J connectivity index is 3.33. The standard InChI is InChI=1S/C5H5ClN2O4S/c1-8-3(5(9)10)2-4(7-8)13(6,11)12/h2H,1H3,(H,9,10). The molecule has 1 aromatic heterocycles. The van der Waals surface area contributed by atoms with Crippen molar-refractivity contribution in [3.05, 3.63) is 11.8 Å². The third kappa shape index (κ3) is 1.99. The van der Waals surface area contributed by atoms with Gasteiger partial charge in [-0.05, 0) is 0 Å². The summed E-state index contributed by atoms with van der Waals surface area (Å²) in [5.74, 6) is -1.26. The van der Waals surface area contributed by atoms with Crippen molar-refractivity contribution in [1.29, 1.82) is 0 Å². The molecule has 72 valence electrons. The molecule has 1 N–H and O–H groups in total. The van der Waals surface area contributed by atoms with E-state index in [0.717, 1.165) is 10.7 Å². The van der Waals surface area contributed by atoms with E-state index in [1.807, 2.05) is 0 Å². The van der Waals surface area contributed by atoms with Crippen LogP contribution in [0.1, 0.15) is 10.5 Å². The van der Waals surface area contributed by atoms with Gasteiger partial charge in [-0.25, -0.2) is 13.2 Å². The van der Waals surface area contributed by atoms with Gasteiger partial charge in [0.25, 0.3) is 9.05 Å². The van der Waals surface area contributed by atoms with Gasteiger partial charge in [0, 0.05) is 23.8 Å². The zero-order valence-electron chi connectivity index (χ0n) is 6.43. The van der Waals surface area contributed by atoms with Crippen LogP contribution in [0.2, 0.25) is 0 Å². The van der Waals surface area contributed by atoms with Gasteiger partial charge in [0.2, 0.25) is 0 Å². The van der Waals surface area contributed by atoms with E-state index in [2.05, 4.69) is 5.10 Å². The smallest absolute Gasteiger partial charge is 0.354 e. The van der Waals surface area contributed by atoms with Crippen molar-refractivity contribution < 1.29 is 18.3 Å². The van der Waals surface area contributed by atoms with Crippen LogP contribution in [0, 0.1) is 0 Å². The molecule has 0 saturated carbocycles. The lowest BCUT2D eigenvalue weighted by Crippen LogP contribution is -2.04. The molecule has 0 unspecified atom stereocenters. The number of aromatic nitrogens is 2. The van der Waals surface area contributed by atoms with E-state index in [1.165, 1.54) is 7.05 Å². The van der Waals surface area contributed by atoms with E-state index < -0.39 is 20.0 Å². The van der Waals surface area contributed by atoms with Crippen molar-refractivity contribution in [3.8, 4) is 0 Å². The summed E-state index contributed by atoms with van der Waals surface area (Å²) in [6.07, 6.45) is 0. The van der Waals surface area contributed by atoms with Gasteiger partial charge in [-0.3, -0.25) is 4.68 Å². The third-order valence-electron chi connectivity index (χ3n) is 1.33. The maximum atomic E-state index is 10.7. The number of rotatable bonds is 2. The second kappa shape index (κ2) is 3.00. The van der Waals surface area contributed by atoms with E-state index in [0.29, 0.717) is 0 Å². The number of carboxylic acid groups (broad SMARTS) is 1. The van der Waals surface area contributed by atoms with E-state index in [-0.39, 0.29) is 5.69 Å². The zero-order valence-corrected chi connectivity index (χ0v) is 8.00. The molecule has 0 spiro atoms. The van der Waals surface area contributed by atoms with Crippen LogP contribution in [-0.4, -0.2) is 29.3 Å². The molecule has 0 aliphatic carbocycles. The monoisotopic (exact) mass is 224 g/mol. The molecule has 0 fully saturated rings. The predicted octanol–water partition coefficient (Wildman–Crippen LogP) is 0.0458. The topological polar surface area (TPSA) is 89.3 Å². The van der Waals surface area contributed by atoms with Crippen molar-refractivity contribution in [2.24, 2.45) is 7.05 Å². The Labute approximate surface area is 78.2 Å². The molecule has 8 heteroatoms. The highest BCUT2D eigenvalue weighted by molar-refractivity contribution is 8.13. The van der Waals surface area contributed by atoms with Crippen LogP contribution in [-0.2, 0) is 16.1 Å². The molecule has 0 atom stereocenters. The summed E-state index contributed by atoms with van der Waals surface area (Å²) in [6, 6.07) is 0.894. The molecule has 0 bridgehead atoms. The average Bonchev–Trinajstić information content (AvgIpc) is 2.29. The van der Waals surface area contributed by atoms with Crippen LogP contribution in [0.25, 0.3) is 0 Å². The lowest BCUT2D eigenvalue weighted by molar-refractivity contribution is 0.0685. The SMILES string of the molecule is Cn1nc(S(=O)(=O)Cl)cc1C(=O)O. The van der Waals surface area contributed by atoms with Gasteiger partial charge in [0.15, 0.2) is 5.03 Å². The Morgan fingerprint density at radius 2 is 2.23 bits per heavy atom. The Kier molecular flexibility index (Phi) is 2.31. The molecular weight excluding hydrogens is 220 g/mol. The molecule has 13 heavy (non-hydrogen) atoms. The number of hydrogen-bond acceptors (Lipinski definition) is 4. The van der Waals surface area contributed by atoms with Gasteiger partial charge >= 0.3 is 5.97 Å². The molecule has 1 rings (SSSR count). The minimum Gasteiger partial charge on any atom is -0.477 e. The van der Waals surface area contributed by atoms with Crippen LogP contribution < -0.4 is 0 Å². The summed E-state index contributed by atoms with van der Waals surface area (Å²) in [5, 5.41) is 11.5. The van der Waals surface area contributed by atoms with Gasteiger partial charge in [-0.2, -0.15) is 5.10 Å². The number of aryl methyl sites for hydroxylation is 1. The van der Waals surface area contributed by atoms with Crippen molar-refractivity contribution in [3.63, 3.8) is 0 Å². The Morgan fingerprint density at radius 3 is 2.46 bits per heavy atom. The van der Waals surface area contributed by atoms with E-state index in [9.17, 15) is 13.2 Å². The molecule has 0 aliphatic heterocycles. The van der Waals surface area contributed by atoms with Crippen LogP contribution >= 0.6 is 10.7 Å². The fourth-order valence-electron chi connectivity index (χ4n) is 0.760. The maximum Gasteiger partial charge on any atom is 0.354 e. The van der Waals surface area contributed by atoms with Gasteiger partial charge < -0.3 is 5.11 Å². The van der Waals surface area contributed by atoms with Crippen molar-refractivity contribution in [2.45, 2.75) is 5.03 Å². The first kappa shape index (κ1) is 10.0. The number of nitrogens with zero attached hydrogens (tertiary/aromatic N) is 2. The maximum absolute atomic E-state index is 10.7. The number of carbonyl (C=O) groups is 1. The molecule has 0 radical (unpaired) electrons. The second-order valence-electron chi connectivity index (χ2n) is 2.23. The molecule has 0 aliphatic rings. The van der Waals surface area contributed by atoms with Crippen molar-refractivity contribution in [2.75, 3.05) is 0 Å². The van der Waals surface area contributed by atoms with Crippen molar-refractivity contribution >= 4 is 25.7 Å². The van der Waals surface area contributed by atoms with Gasteiger partial charge in [0.1, 0.15) is 5.69 Å². The van der Waals surface area contributed by atoms with E-state index in [1.54, 1.807) is 0 Å². The molecule has 0 saturated heterocycles. The summed E-state index contributed by atoms with van der Waals surface area (Å²) in [4.78, 5) is 10.5. The Morgan fingerprint density at radius 1 is 1.69 bits per heavy atom. The first-order chi connectivity index (χ1) is 5.82. The average molecular weight is 225 g/mol. The lowest BCUT2D eigenvalue weighted by Gasteiger charge is -1.90. The second-order valence-corrected chi connectivity index (χ2v) is 4.75. The fraction of sp³-hybridized carbons (Fsp3) is 0.200. The lowest BCUT2D eigenvalue weighted by atomic mass is 10.4. The first-order valence-electron chi connectivity index (χ1n) is 3.04. The molecule has 6 nitrogen and oxygen atoms in total. The van der Waals surface area contributed by atoms with E-state index in [4.69, 9.17) is 15.8 Å². The minimum atomic E-state index is -3.96. The number of carboxylic acids is 1. The molecular formula is C5H5ClN2O4S. The van der Waals surface area contributed by atoms with Crippen molar-refractivity contribution in [1.82, 2.24) is 9.78 Å². The highest BCUT2D eigenvalue weighted by atomic mass is 35.7. The zero-order chi connectivity index (χ0) is 10.2. The number of aromatic carboxylic acids is 1. The van der Waals surface area contributed by atoms with Crippen LogP contribution in [0.3, 0.4) is 0 Å². The van der Waals surface area contributed by atoms with Crippen LogP contribution in [0.15, 0.2) is 11.1 Å². The number of halogens is 1. The van der Waals surface area contributed by atoms with Crippen LogP contribution in [0.5, 0.6) is 0 Å². The Hall–Kier alpha value is -1.08. The van der Waals surface area contributed by atoms with Gasteiger partial charge in [-0.1, -0.05) is 0 Å². The highest BCUT2D eigenvalue weighted by Crippen LogP contribution is 2.13. The Bertz CT molecular complexity index is 449. The summed E-state index contributed by atoms with van der Waals surface area (Å²) >= 11 is 0. The fourth-order valence-corrected chi connectivity index (χ4v) is 1.46. The molecule has 0 aromatic carbocycles. The largest absolute Gasteiger partial charge is 0.477 e.